The maximum atomic E-state index is 13.4. The third-order valence-corrected chi connectivity index (χ3v) is 5.92. The van der Waals surface area contributed by atoms with Gasteiger partial charge in [-0.05, 0) is 38.1 Å². The number of benzene rings is 1. The molecule has 1 aromatic carbocycles. The van der Waals surface area contributed by atoms with Crippen LogP contribution in [0.4, 0.5) is 30.7 Å². The molecule has 0 amide bonds. The average Bonchev–Trinajstić information content (AvgIpc) is 3.04. The van der Waals surface area contributed by atoms with E-state index in [0.29, 0.717) is 0 Å². The summed E-state index contributed by atoms with van der Waals surface area (Å²) in [7, 11) is -12.8. The van der Waals surface area contributed by atoms with Gasteiger partial charge in [-0.25, -0.2) is 4.39 Å². The number of fused-ring (bicyclic) bond motifs is 1. The van der Waals surface area contributed by atoms with Crippen molar-refractivity contribution in [3.8, 4) is 23.2 Å². The lowest BCUT2D eigenvalue weighted by atomic mass is 10.3. The normalized spacial score (nSPS) is 13.3. The highest BCUT2D eigenvalue weighted by Gasteiger charge is 2.51. The molecule has 0 fully saturated rings. The summed E-state index contributed by atoms with van der Waals surface area (Å²) in [5.74, 6) is -4.03. The van der Waals surface area contributed by atoms with Crippen molar-refractivity contribution in [2.45, 2.75) is 31.0 Å². The Morgan fingerprint density at radius 3 is 1.94 bits per heavy atom. The monoisotopic (exact) mass is 568 g/mol. The second-order valence-electron chi connectivity index (χ2n) is 7.04. The molecule has 0 aliphatic rings. The van der Waals surface area contributed by atoms with Gasteiger partial charge in [0.05, 0.1) is 12.2 Å². The molecule has 0 bridgehead atoms. The topological polar surface area (TPSA) is 129 Å². The number of ether oxygens (including phenoxy) is 1. The van der Waals surface area contributed by atoms with E-state index in [9.17, 15) is 47.6 Å². The van der Waals surface area contributed by atoms with Crippen LogP contribution in [-0.2, 0) is 20.2 Å². The molecule has 3 rings (SSSR count). The number of H-pyrrole nitrogens is 1. The fraction of sp³-hybridized carbons (Fsp3) is 0.294. The molecule has 3 aromatic rings. The smallest absolute Gasteiger partial charge is 0.474 e. The zero-order valence-corrected chi connectivity index (χ0v) is 19.3. The number of pyridine rings is 1. The van der Waals surface area contributed by atoms with Gasteiger partial charge in [-0.15, -0.1) is 4.68 Å². The van der Waals surface area contributed by atoms with E-state index in [-0.39, 0.29) is 11.8 Å². The third-order valence-electron chi connectivity index (χ3n) is 3.99. The van der Waals surface area contributed by atoms with Gasteiger partial charge in [0.1, 0.15) is 5.82 Å². The van der Waals surface area contributed by atoms with Gasteiger partial charge < -0.3 is 13.1 Å². The van der Waals surface area contributed by atoms with E-state index in [1.165, 1.54) is 13.8 Å². The first-order valence-corrected chi connectivity index (χ1v) is 12.1. The van der Waals surface area contributed by atoms with E-state index in [1.54, 1.807) is 0 Å². The number of aromatic amines is 1. The van der Waals surface area contributed by atoms with E-state index >= 15 is 0 Å². The van der Waals surface area contributed by atoms with E-state index in [2.05, 4.69) is 18.4 Å². The summed E-state index contributed by atoms with van der Waals surface area (Å²) in [6.07, 6.45) is -0.706. The zero-order chi connectivity index (χ0) is 27.3. The van der Waals surface area contributed by atoms with Crippen molar-refractivity contribution < 1.29 is 65.4 Å². The summed E-state index contributed by atoms with van der Waals surface area (Å²) >= 11 is 0. The number of nitrogens with one attached hydrogen (secondary N) is 1. The average molecular weight is 568 g/mol. The Hall–Kier alpha value is -3.35. The van der Waals surface area contributed by atoms with Gasteiger partial charge in [-0.3, -0.25) is 0 Å². The number of rotatable bonds is 7. The Kier molecular flexibility index (Phi) is 6.77. The van der Waals surface area contributed by atoms with Crippen molar-refractivity contribution in [1.82, 2.24) is 10.1 Å². The Labute approximate surface area is 197 Å². The van der Waals surface area contributed by atoms with Gasteiger partial charge in [0.15, 0.2) is 16.8 Å². The van der Waals surface area contributed by atoms with Gasteiger partial charge in [-0.1, -0.05) is 0 Å². The maximum absolute atomic E-state index is 13.4. The summed E-state index contributed by atoms with van der Waals surface area (Å²) in [6.45, 7) is 2.92. The van der Waals surface area contributed by atoms with Crippen LogP contribution in [0.2, 0.25) is 0 Å². The van der Waals surface area contributed by atoms with Crippen molar-refractivity contribution in [3.63, 3.8) is 0 Å². The van der Waals surface area contributed by atoms with Crippen LogP contribution in [0.25, 0.3) is 16.7 Å². The second kappa shape index (κ2) is 8.95. The number of halogens is 7. The minimum absolute atomic E-state index is 0.0343. The number of hydrogen-bond donors (Lipinski definition) is 1. The summed E-state index contributed by atoms with van der Waals surface area (Å²) in [6, 6.07) is 4.14. The summed E-state index contributed by atoms with van der Waals surface area (Å²) < 4.78 is 151. The van der Waals surface area contributed by atoms with Crippen LogP contribution in [0.3, 0.4) is 0 Å². The molecule has 0 saturated heterocycles. The highest BCUT2D eigenvalue weighted by molar-refractivity contribution is 7.88. The molecule has 0 aliphatic heterocycles. The molecule has 19 heteroatoms. The molecule has 0 radical (unpaired) electrons. The molecule has 2 aromatic heterocycles. The second-order valence-corrected chi connectivity index (χ2v) is 10.1. The van der Waals surface area contributed by atoms with Crippen LogP contribution in [0.5, 0.6) is 17.5 Å². The van der Waals surface area contributed by atoms with Gasteiger partial charge >= 0.3 is 42.8 Å². The zero-order valence-electron chi connectivity index (χ0n) is 17.7. The minimum Gasteiger partial charge on any atom is -0.474 e. The van der Waals surface area contributed by atoms with Gasteiger partial charge in [0, 0.05) is 4.98 Å². The first-order chi connectivity index (χ1) is 16.3. The summed E-state index contributed by atoms with van der Waals surface area (Å²) in [4.78, 5) is 3.55. The molecular formula is C17H13F7N3O7S2+. The molecule has 0 aliphatic carbocycles. The molecule has 0 atom stereocenters. The molecule has 0 spiro atoms. The lowest BCUT2D eigenvalue weighted by Crippen LogP contribution is -2.34. The van der Waals surface area contributed by atoms with Crippen LogP contribution in [-0.4, -0.2) is 44.0 Å². The van der Waals surface area contributed by atoms with Gasteiger partial charge in [-0.2, -0.15) is 48.3 Å². The fourth-order valence-electron chi connectivity index (χ4n) is 2.60. The van der Waals surface area contributed by atoms with Crippen LogP contribution in [0.15, 0.2) is 30.3 Å². The van der Waals surface area contributed by atoms with E-state index in [4.69, 9.17) is 4.74 Å². The number of hydrogen-bond acceptors (Lipinski definition) is 8. The quantitative estimate of drug-likeness (QED) is 0.199. The van der Waals surface area contributed by atoms with Gasteiger partial charge in [0.2, 0.25) is 5.88 Å². The Bertz CT molecular complexity index is 1500. The molecular weight excluding hydrogens is 555 g/mol. The predicted octanol–water partition coefficient (Wildman–Crippen LogP) is 3.22. The molecule has 0 unspecified atom stereocenters. The Morgan fingerprint density at radius 1 is 0.917 bits per heavy atom. The van der Waals surface area contributed by atoms with E-state index in [1.807, 2.05) is 0 Å². The lowest BCUT2D eigenvalue weighted by Gasteiger charge is -2.11. The van der Waals surface area contributed by atoms with Crippen LogP contribution < -0.4 is 17.8 Å². The van der Waals surface area contributed by atoms with E-state index in [0.717, 1.165) is 28.9 Å². The number of nitrogens with zero attached hydrogens (tertiary/aromatic N) is 2. The van der Waals surface area contributed by atoms with Crippen molar-refractivity contribution in [2.75, 3.05) is 0 Å². The minimum atomic E-state index is -6.42. The molecule has 198 valence electrons. The third kappa shape index (κ3) is 5.40. The van der Waals surface area contributed by atoms with Crippen molar-refractivity contribution in [2.24, 2.45) is 0 Å². The highest BCUT2D eigenvalue weighted by Crippen LogP contribution is 2.38. The molecule has 36 heavy (non-hydrogen) atoms. The lowest BCUT2D eigenvalue weighted by molar-refractivity contribution is -0.632. The fourth-order valence-corrected chi connectivity index (χ4v) is 3.47. The first kappa shape index (κ1) is 27.2. The molecule has 1 N–H and O–H groups in total. The van der Waals surface area contributed by atoms with Crippen molar-refractivity contribution >= 4 is 31.3 Å². The Balaban J connectivity index is 2.38. The predicted molar refractivity (Wildman–Crippen MR) is 105 cm³/mol. The number of aromatic nitrogens is 3. The SMILES string of the molecule is CC(C)Oc1[nH][n+](-c2ccc(F)cc2)c2nc(OS(=O)(=O)C(F)(F)F)cc(OS(=O)(=O)C(F)(F)F)c12. The van der Waals surface area contributed by atoms with Crippen LogP contribution in [0, 0.1) is 5.82 Å². The summed E-state index contributed by atoms with van der Waals surface area (Å²) in [5.41, 5.74) is -12.7. The highest BCUT2D eigenvalue weighted by atomic mass is 32.2. The molecule has 2 heterocycles. The standard InChI is InChI=1S/C17H12F7N3O7S2/c1-8(2)32-15-13-11(33-35(28,29)16(19,20)21)7-12(34-36(30,31)17(22,23)24)25-14(13)27(26-15)10-5-3-9(18)4-6-10/h3-8H,1-2H3/p+1. The molecule has 10 nitrogen and oxygen atoms in total. The summed E-state index contributed by atoms with van der Waals surface area (Å²) in [5, 5.41) is 1.81. The number of alkyl halides is 6. The van der Waals surface area contributed by atoms with Gasteiger partial charge in [0.25, 0.3) is 0 Å². The van der Waals surface area contributed by atoms with E-state index < -0.39 is 71.7 Å². The maximum Gasteiger partial charge on any atom is 0.534 e. The first-order valence-electron chi connectivity index (χ1n) is 9.25. The van der Waals surface area contributed by atoms with Crippen LogP contribution in [0.1, 0.15) is 13.8 Å². The van der Waals surface area contributed by atoms with Crippen LogP contribution >= 0.6 is 0 Å². The Morgan fingerprint density at radius 2 is 1.44 bits per heavy atom. The molecule has 0 saturated carbocycles. The van der Waals surface area contributed by atoms with Crippen molar-refractivity contribution in [3.05, 3.63) is 36.1 Å². The largest absolute Gasteiger partial charge is 0.534 e. The van der Waals surface area contributed by atoms with Crippen molar-refractivity contribution in [1.29, 1.82) is 0 Å².